The molecule has 0 heterocycles. The lowest BCUT2D eigenvalue weighted by molar-refractivity contribution is -0.151. The van der Waals surface area contributed by atoms with Crippen LogP contribution in [0.15, 0.2) is 24.3 Å². The lowest BCUT2D eigenvalue weighted by atomic mass is 9.92. The van der Waals surface area contributed by atoms with Gasteiger partial charge in [0.05, 0.1) is 6.61 Å². The van der Waals surface area contributed by atoms with Crippen LogP contribution in [-0.4, -0.2) is 29.3 Å². The molecule has 4 nitrogen and oxygen atoms in total. The summed E-state index contributed by atoms with van der Waals surface area (Å²) in [4.78, 5) is 12.2. The van der Waals surface area contributed by atoms with Gasteiger partial charge in [-0.05, 0) is 58.2 Å². The molecule has 0 fully saturated rings. The van der Waals surface area contributed by atoms with Crippen LogP contribution < -0.4 is 5.32 Å². The van der Waals surface area contributed by atoms with E-state index in [-0.39, 0.29) is 17.8 Å². The summed E-state index contributed by atoms with van der Waals surface area (Å²) in [6.07, 6.45) is 1.39. The fraction of sp³-hybridized carbons (Fsp3) is 0.562. The molecule has 0 spiro atoms. The quantitative estimate of drug-likeness (QED) is 0.753. The van der Waals surface area contributed by atoms with E-state index in [0.717, 1.165) is 12.0 Å². The lowest BCUT2D eigenvalue weighted by Crippen LogP contribution is -2.53. The predicted octanol–water partition coefficient (Wildman–Crippen LogP) is 2.64. The average molecular weight is 279 g/mol. The van der Waals surface area contributed by atoms with Crippen molar-refractivity contribution in [3.63, 3.8) is 0 Å². The van der Waals surface area contributed by atoms with E-state index < -0.39 is 5.54 Å². The first-order valence-electron chi connectivity index (χ1n) is 7.10. The fourth-order valence-electron chi connectivity index (χ4n) is 2.22. The van der Waals surface area contributed by atoms with Gasteiger partial charge in [-0.1, -0.05) is 12.1 Å². The van der Waals surface area contributed by atoms with E-state index in [1.165, 1.54) is 0 Å². The van der Waals surface area contributed by atoms with Gasteiger partial charge in [-0.2, -0.15) is 0 Å². The number of rotatable bonds is 7. The molecule has 0 saturated carbocycles. The second-order valence-corrected chi connectivity index (χ2v) is 5.52. The maximum absolute atomic E-state index is 12.2. The number of esters is 1. The normalized spacial score (nSPS) is 14.1. The first-order valence-corrected chi connectivity index (χ1v) is 7.10. The predicted molar refractivity (Wildman–Crippen MR) is 79.7 cm³/mol. The van der Waals surface area contributed by atoms with Gasteiger partial charge in [0.2, 0.25) is 0 Å². The molecule has 0 amide bonds. The van der Waals surface area contributed by atoms with Crippen LogP contribution in [0.5, 0.6) is 5.75 Å². The molecule has 20 heavy (non-hydrogen) atoms. The highest BCUT2D eigenvalue weighted by Crippen LogP contribution is 2.19. The number of carbonyl (C=O) groups is 1. The van der Waals surface area contributed by atoms with E-state index in [2.05, 4.69) is 5.32 Å². The Hall–Kier alpha value is -1.55. The molecule has 4 heteroatoms. The van der Waals surface area contributed by atoms with Gasteiger partial charge in [0, 0.05) is 6.04 Å². The molecule has 0 saturated heterocycles. The Balaban J connectivity index is 2.73. The highest BCUT2D eigenvalue weighted by Gasteiger charge is 2.34. The topological polar surface area (TPSA) is 58.6 Å². The number of ether oxygens (including phenoxy) is 1. The van der Waals surface area contributed by atoms with Crippen LogP contribution in [0, 0.1) is 0 Å². The molecule has 1 unspecified atom stereocenters. The molecule has 1 aromatic carbocycles. The zero-order valence-electron chi connectivity index (χ0n) is 12.8. The summed E-state index contributed by atoms with van der Waals surface area (Å²) in [5.74, 6) is 0.0367. The Morgan fingerprint density at radius 3 is 2.45 bits per heavy atom. The first-order chi connectivity index (χ1) is 9.37. The van der Waals surface area contributed by atoms with Crippen molar-refractivity contribution in [2.75, 3.05) is 6.61 Å². The lowest BCUT2D eigenvalue weighted by Gasteiger charge is -2.30. The summed E-state index contributed by atoms with van der Waals surface area (Å²) in [6, 6.07) is 7.26. The maximum Gasteiger partial charge on any atom is 0.326 e. The highest BCUT2D eigenvalue weighted by atomic mass is 16.5. The minimum atomic E-state index is -0.692. The molecule has 0 bridgehead atoms. The molecule has 112 valence electrons. The van der Waals surface area contributed by atoms with Crippen LogP contribution in [0.3, 0.4) is 0 Å². The van der Waals surface area contributed by atoms with Crippen molar-refractivity contribution in [2.24, 2.45) is 0 Å². The fourth-order valence-corrected chi connectivity index (χ4v) is 2.22. The minimum Gasteiger partial charge on any atom is -0.508 e. The zero-order valence-corrected chi connectivity index (χ0v) is 12.8. The van der Waals surface area contributed by atoms with E-state index in [1.54, 1.807) is 12.1 Å². The minimum absolute atomic E-state index is 0.198. The van der Waals surface area contributed by atoms with Gasteiger partial charge >= 0.3 is 5.97 Å². The number of aryl methyl sites for hydroxylation is 1. The van der Waals surface area contributed by atoms with Crippen molar-refractivity contribution in [2.45, 2.75) is 52.1 Å². The van der Waals surface area contributed by atoms with Crippen molar-refractivity contribution in [1.29, 1.82) is 0 Å². The summed E-state index contributed by atoms with van der Waals surface area (Å²) in [7, 11) is 0. The number of phenols is 1. The van der Waals surface area contributed by atoms with E-state index in [9.17, 15) is 9.90 Å². The van der Waals surface area contributed by atoms with E-state index in [4.69, 9.17) is 4.74 Å². The van der Waals surface area contributed by atoms with Crippen LogP contribution in [0.4, 0.5) is 0 Å². The third kappa shape index (κ3) is 4.85. The molecule has 0 aliphatic carbocycles. The summed E-state index contributed by atoms with van der Waals surface area (Å²) in [6.45, 7) is 8.10. The summed E-state index contributed by atoms with van der Waals surface area (Å²) in [5, 5.41) is 12.6. The highest BCUT2D eigenvalue weighted by molar-refractivity contribution is 5.80. The summed E-state index contributed by atoms with van der Waals surface area (Å²) in [5.41, 5.74) is 0.395. The number of aromatic hydroxyl groups is 1. The van der Waals surface area contributed by atoms with Crippen LogP contribution in [0.1, 0.15) is 39.7 Å². The Labute approximate surface area is 121 Å². The number of phenolic OH excluding ortho intramolecular Hbond substituents is 1. The molecule has 0 aromatic heterocycles. The third-order valence-corrected chi connectivity index (χ3v) is 3.18. The summed E-state index contributed by atoms with van der Waals surface area (Å²) < 4.78 is 5.17. The van der Waals surface area contributed by atoms with Crippen LogP contribution >= 0.6 is 0 Å². The third-order valence-electron chi connectivity index (χ3n) is 3.18. The van der Waals surface area contributed by atoms with Gasteiger partial charge in [-0.15, -0.1) is 0 Å². The second kappa shape index (κ2) is 7.29. The molecule has 2 N–H and O–H groups in total. The Morgan fingerprint density at radius 2 is 1.95 bits per heavy atom. The molecule has 0 aliphatic rings. The largest absolute Gasteiger partial charge is 0.508 e. The molecule has 0 aliphatic heterocycles. The monoisotopic (exact) mass is 279 g/mol. The SMILES string of the molecule is CCOC(=O)C(C)(CCc1ccc(O)cc1)NC(C)C. The number of carbonyl (C=O) groups excluding carboxylic acids is 1. The summed E-state index contributed by atoms with van der Waals surface area (Å²) >= 11 is 0. The average Bonchev–Trinajstić information content (AvgIpc) is 2.37. The molecule has 0 radical (unpaired) electrons. The van der Waals surface area contributed by atoms with Crippen LogP contribution in [0.2, 0.25) is 0 Å². The number of hydrogen-bond acceptors (Lipinski definition) is 4. The standard InChI is InChI=1S/C16H25NO3/c1-5-20-15(19)16(4,17-12(2)3)11-10-13-6-8-14(18)9-7-13/h6-9,12,17-18H,5,10-11H2,1-4H3. The molecular formula is C16H25NO3. The van der Waals surface area contributed by atoms with E-state index in [0.29, 0.717) is 13.0 Å². The van der Waals surface area contributed by atoms with Crippen molar-refractivity contribution >= 4 is 5.97 Å². The van der Waals surface area contributed by atoms with Gasteiger partial charge in [0.1, 0.15) is 11.3 Å². The van der Waals surface area contributed by atoms with Crippen LogP contribution in [-0.2, 0) is 16.0 Å². The molecular weight excluding hydrogens is 254 g/mol. The van der Waals surface area contributed by atoms with Gasteiger partial charge in [0.15, 0.2) is 0 Å². The van der Waals surface area contributed by atoms with Gasteiger partial charge in [-0.25, -0.2) is 0 Å². The van der Waals surface area contributed by atoms with Gasteiger partial charge in [-0.3, -0.25) is 10.1 Å². The Kier molecular flexibility index (Phi) is 6.02. The van der Waals surface area contributed by atoms with Gasteiger partial charge < -0.3 is 9.84 Å². The number of nitrogens with one attached hydrogen (secondary N) is 1. The Morgan fingerprint density at radius 1 is 1.35 bits per heavy atom. The first kappa shape index (κ1) is 16.5. The second-order valence-electron chi connectivity index (χ2n) is 5.52. The van der Waals surface area contributed by atoms with Gasteiger partial charge in [0.25, 0.3) is 0 Å². The van der Waals surface area contributed by atoms with Crippen molar-refractivity contribution < 1.29 is 14.6 Å². The number of benzene rings is 1. The number of hydrogen-bond donors (Lipinski definition) is 2. The van der Waals surface area contributed by atoms with Crippen molar-refractivity contribution in [1.82, 2.24) is 5.32 Å². The molecule has 1 atom stereocenters. The Bertz CT molecular complexity index is 428. The van der Waals surface area contributed by atoms with E-state index in [1.807, 2.05) is 39.8 Å². The van der Waals surface area contributed by atoms with Crippen LogP contribution in [0.25, 0.3) is 0 Å². The smallest absolute Gasteiger partial charge is 0.326 e. The molecule has 1 rings (SSSR count). The zero-order chi connectivity index (χ0) is 15.2. The van der Waals surface area contributed by atoms with Crippen molar-refractivity contribution in [3.05, 3.63) is 29.8 Å². The van der Waals surface area contributed by atoms with E-state index >= 15 is 0 Å². The van der Waals surface area contributed by atoms with Crippen molar-refractivity contribution in [3.8, 4) is 5.75 Å². The molecule has 1 aromatic rings. The maximum atomic E-state index is 12.2.